The highest BCUT2D eigenvalue weighted by Gasteiger charge is 2.39. The molecular weight excluding hydrogens is 204 g/mol. The number of hydrogen-bond acceptors (Lipinski definition) is 4. The van der Waals surface area contributed by atoms with Gasteiger partial charge >= 0.3 is 5.97 Å². The zero-order valence-electron chi connectivity index (χ0n) is 10.2. The number of nitrogens with one attached hydrogen (secondary N) is 1. The van der Waals surface area contributed by atoms with Crippen LogP contribution in [-0.2, 0) is 9.53 Å². The first-order chi connectivity index (χ1) is 7.74. The summed E-state index contributed by atoms with van der Waals surface area (Å²) in [6.07, 6.45) is 4.02. The van der Waals surface area contributed by atoms with Crippen molar-refractivity contribution in [1.82, 2.24) is 10.2 Å². The molecule has 4 heteroatoms. The van der Waals surface area contributed by atoms with Crippen molar-refractivity contribution in [1.29, 1.82) is 0 Å². The third-order valence-electron chi connectivity index (χ3n) is 3.88. The molecule has 0 amide bonds. The summed E-state index contributed by atoms with van der Waals surface area (Å²) in [5, 5.41) is 3.20. The van der Waals surface area contributed by atoms with Crippen molar-refractivity contribution in [2.24, 2.45) is 5.92 Å². The Labute approximate surface area is 97.3 Å². The molecule has 1 aliphatic heterocycles. The van der Waals surface area contributed by atoms with Gasteiger partial charge < -0.3 is 10.1 Å². The van der Waals surface area contributed by atoms with Crippen LogP contribution in [-0.4, -0.2) is 49.7 Å². The van der Waals surface area contributed by atoms with Crippen molar-refractivity contribution < 1.29 is 9.53 Å². The van der Waals surface area contributed by atoms with E-state index in [-0.39, 0.29) is 12.0 Å². The fourth-order valence-electron chi connectivity index (χ4n) is 3.10. The summed E-state index contributed by atoms with van der Waals surface area (Å²) in [6, 6.07) is 0.560. The number of likely N-dealkylation sites (N-methyl/N-ethyl adjacent to an activating group) is 1. The van der Waals surface area contributed by atoms with E-state index < -0.39 is 0 Å². The second kappa shape index (κ2) is 5.15. The van der Waals surface area contributed by atoms with Crippen LogP contribution >= 0.6 is 0 Å². The molecule has 1 saturated carbocycles. The number of rotatable bonds is 5. The predicted octanol–water partition coefficient (Wildman–Crippen LogP) is 0.622. The van der Waals surface area contributed by atoms with Crippen LogP contribution in [0.25, 0.3) is 0 Å². The highest BCUT2D eigenvalue weighted by Crippen LogP contribution is 2.37. The molecule has 3 atom stereocenters. The van der Waals surface area contributed by atoms with E-state index in [9.17, 15) is 4.79 Å². The van der Waals surface area contributed by atoms with Crippen LogP contribution in [0.4, 0.5) is 0 Å². The average Bonchev–Trinajstić information content (AvgIpc) is 2.89. The maximum absolute atomic E-state index is 11.6. The molecule has 3 unspecified atom stereocenters. The minimum absolute atomic E-state index is 0.135. The Morgan fingerprint density at radius 3 is 2.88 bits per heavy atom. The largest absolute Gasteiger partial charge is 0.468 e. The molecule has 2 aliphatic rings. The van der Waals surface area contributed by atoms with Gasteiger partial charge in [-0.15, -0.1) is 0 Å². The molecule has 1 aliphatic carbocycles. The Kier molecular flexibility index (Phi) is 3.82. The maximum Gasteiger partial charge on any atom is 0.324 e. The van der Waals surface area contributed by atoms with Gasteiger partial charge in [-0.1, -0.05) is 6.92 Å². The highest BCUT2D eigenvalue weighted by molar-refractivity contribution is 5.75. The molecule has 16 heavy (non-hydrogen) atoms. The number of piperidine rings is 1. The number of ether oxygens (including phenoxy) is 1. The number of methoxy groups -OCH3 is 1. The summed E-state index contributed by atoms with van der Waals surface area (Å²) in [4.78, 5) is 14.0. The van der Waals surface area contributed by atoms with Gasteiger partial charge in [0.1, 0.15) is 6.04 Å². The lowest BCUT2D eigenvalue weighted by Crippen LogP contribution is -2.48. The van der Waals surface area contributed by atoms with Crippen molar-refractivity contribution in [2.45, 2.75) is 38.3 Å². The first-order valence-electron chi connectivity index (χ1n) is 6.29. The van der Waals surface area contributed by atoms with Crippen LogP contribution in [0.3, 0.4) is 0 Å². The highest BCUT2D eigenvalue weighted by atomic mass is 16.5. The van der Waals surface area contributed by atoms with Crippen molar-refractivity contribution in [3.8, 4) is 0 Å². The van der Waals surface area contributed by atoms with Crippen LogP contribution in [0, 0.1) is 5.92 Å². The molecule has 2 rings (SSSR count). The lowest BCUT2D eigenvalue weighted by molar-refractivity contribution is -0.143. The van der Waals surface area contributed by atoms with E-state index >= 15 is 0 Å². The lowest BCUT2D eigenvalue weighted by Gasteiger charge is -2.29. The normalized spacial score (nSPS) is 30.6. The Morgan fingerprint density at radius 2 is 2.38 bits per heavy atom. The van der Waals surface area contributed by atoms with Gasteiger partial charge in [-0.2, -0.15) is 0 Å². The number of nitrogens with zero attached hydrogens (tertiary/aromatic N) is 1. The molecule has 0 aromatic carbocycles. The lowest BCUT2D eigenvalue weighted by atomic mass is 10.1. The molecular formula is C12H22N2O2. The first-order valence-corrected chi connectivity index (χ1v) is 6.29. The first kappa shape index (κ1) is 11.9. The second-order valence-electron chi connectivity index (χ2n) is 4.92. The maximum atomic E-state index is 11.6. The number of fused-ring (bicyclic) bond motifs is 2. The molecule has 0 aromatic heterocycles. The Balaban J connectivity index is 1.88. The molecule has 0 aromatic rings. The fourth-order valence-corrected chi connectivity index (χ4v) is 3.10. The van der Waals surface area contributed by atoms with Crippen LogP contribution in [0.15, 0.2) is 0 Å². The smallest absolute Gasteiger partial charge is 0.324 e. The van der Waals surface area contributed by atoms with E-state index in [0.717, 1.165) is 25.0 Å². The summed E-state index contributed by atoms with van der Waals surface area (Å²) >= 11 is 0. The van der Waals surface area contributed by atoms with Gasteiger partial charge in [0.2, 0.25) is 0 Å². The molecule has 0 spiro atoms. The Bertz CT molecular complexity index is 257. The summed E-state index contributed by atoms with van der Waals surface area (Å²) in [7, 11) is 1.46. The molecule has 1 heterocycles. The van der Waals surface area contributed by atoms with Crippen LogP contribution < -0.4 is 5.32 Å². The van der Waals surface area contributed by atoms with Gasteiger partial charge in [0.15, 0.2) is 0 Å². The predicted molar refractivity (Wildman–Crippen MR) is 62.2 cm³/mol. The molecule has 1 N–H and O–H groups in total. The summed E-state index contributed by atoms with van der Waals surface area (Å²) in [6.45, 7) is 4.80. The molecule has 1 saturated heterocycles. The average molecular weight is 226 g/mol. The van der Waals surface area contributed by atoms with E-state index in [2.05, 4.69) is 10.2 Å². The zero-order chi connectivity index (χ0) is 11.5. The summed E-state index contributed by atoms with van der Waals surface area (Å²) in [5.74, 6) is 0.745. The fraction of sp³-hybridized carbons (Fsp3) is 0.917. The standard InChI is InChI=1S/C12H22N2O2/c1-3-13-11(12(15)16-2)8-14-7-9-4-5-10(14)6-9/h9-11,13H,3-8H2,1-2H3. The van der Waals surface area contributed by atoms with Crippen LogP contribution in [0.1, 0.15) is 26.2 Å². The monoisotopic (exact) mass is 226 g/mol. The van der Waals surface area contributed by atoms with E-state index in [4.69, 9.17) is 4.74 Å². The number of likely N-dealkylation sites (tertiary alicyclic amines) is 1. The molecule has 0 radical (unpaired) electrons. The van der Waals surface area contributed by atoms with Gasteiger partial charge in [-0.3, -0.25) is 9.69 Å². The molecule has 2 fully saturated rings. The zero-order valence-corrected chi connectivity index (χ0v) is 10.2. The van der Waals surface area contributed by atoms with E-state index in [0.29, 0.717) is 0 Å². The minimum Gasteiger partial charge on any atom is -0.468 e. The number of esters is 1. The Morgan fingerprint density at radius 1 is 1.56 bits per heavy atom. The SMILES string of the molecule is CCNC(CN1CC2CCC1C2)C(=O)OC. The third-order valence-corrected chi connectivity index (χ3v) is 3.88. The van der Waals surface area contributed by atoms with Gasteiger partial charge in [0.25, 0.3) is 0 Å². The van der Waals surface area contributed by atoms with Gasteiger partial charge in [0, 0.05) is 19.1 Å². The number of hydrogen-bond donors (Lipinski definition) is 1. The van der Waals surface area contributed by atoms with E-state index in [1.807, 2.05) is 6.92 Å². The minimum atomic E-state index is -0.158. The summed E-state index contributed by atoms with van der Waals surface area (Å²) in [5.41, 5.74) is 0. The molecule has 92 valence electrons. The van der Waals surface area contributed by atoms with Gasteiger partial charge in [0.05, 0.1) is 7.11 Å². The molecule has 2 bridgehead atoms. The summed E-state index contributed by atoms with van der Waals surface area (Å²) < 4.78 is 4.83. The third kappa shape index (κ3) is 2.38. The van der Waals surface area contributed by atoms with Crippen LogP contribution in [0.5, 0.6) is 0 Å². The quantitative estimate of drug-likeness (QED) is 0.698. The van der Waals surface area contributed by atoms with Crippen molar-refractivity contribution in [3.05, 3.63) is 0 Å². The van der Waals surface area contributed by atoms with Crippen LogP contribution in [0.2, 0.25) is 0 Å². The van der Waals surface area contributed by atoms with Crippen molar-refractivity contribution in [2.75, 3.05) is 26.7 Å². The Hall–Kier alpha value is -0.610. The second-order valence-corrected chi connectivity index (χ2v) is 4.92. The van der Waals surface area contributed by atoms with Crippen molar-refractivity contribution in [3.63, 3.8) is 0 Å². The topological polar surface area (TPSA) is 41.6 Å². The van der Waals surface area contributed by atoms with Crippen molar-refractivity contribution >= 4 is 5.97 Å². The number of carbonyl (C=O) groups excluding carboxylic acids is 1. The molecule has 4 nitrogen and oxygen atoms in total. The van der Waals surface area contributed by atoms with E-state index in [1.165, 1.54) is 32.9 Å². The number of carbonyl (C=O) groups is 1. The van der Waals surface area contributed by atoms with Gasteiger partial charge in [-0.25, -0.2) is 0 Å². The van der Waals surface area contributed by atoms with Gasteiger partial charge in [-0.05, 0) is 31.7 Å². The van der Waals surface area contributed by atoms with E-state index in [1.54, 1.807) is 0 Å².